The Hall–Kier alpha value is -1.68. The maximum absolute atomic E-state index is 13.5. The molecule has 0 radical (unpaired) electrons. The molecule has 0 saturated carbocycles. The number of aliphatic hydroxyl groups is 1. The Kier molecular flexibility index (Phi) is 3.11. The van der Waals surface area contributed by atoms with Crippen LogP contribution in [-0.4, -0.2) is 23.9 Å². The summed E-state index contributed by atoms with van der Waals surface area (Å²) in [6.45, 7) is 3.98. The standard InChI is InChI=1S/C15H17FN2O/c1-10-8-18(9-10)14-7-11(16)4-5-12(14)15(19)13-3-2-6-17-13/h2,4-7,10,15,19H,3,8-9H2,1H3. The van der Waals surface area contributed by atoms with E-state index in [2.05, 4.69) is 16.8 Å². The number of anilines is 1. The van der Waals surface area contributed by atoms with Gasteiger partial charge in [-0.3, -0.25) is 4.99 Å². The molecule has 3 nitrogen and oxygen atoms in total. The van der Waals surface area contributed by atoms with E-state index in [0.29, 0.717) is 12.3 Å². The Balaban J connectivity index is 1.91. The molecule has 2 aliphatic rings. The van der Waals surface area contributed by atoms with Gasteiger partial charge in [0.15, 0.2) is 0 Å². The van der Waals surface area contributed by atoms with E-state index in [9.17, 15) is 9.50 Å². The third kappa shape index (κ3) is 2.28. The van der Waals surface area contributed by atoms with Gasteiger partial charge in [-0.25, -0.2) is 4.39 Å². The second kappa shape index (κ2) is 4.78. The van der Waals surface area contributed by atoms with E-state index in [1.165, 1.54) is 12.1 Å². The lowest BCUT2D eigenvalue weighted by atomic mass is 9.96. The Bertz CT molecular complexity index is 547. The zero-order valence-corrected chi connectivity index (χ0v) is 10.9. The maximum atomic E-state index is 13.5. The molecule has 2 aliphatic heterocycles. The topological polar surface area (TPSA) is 35.8 Å². The van der Waals surface area contributed by atoms with Crippen molar-refractivity contribution in [3.05, 3.63) is 41.9 Å². The van der Waals surface area contributed by atoms with Crippen molar-refractivity contribution in [2.24, 2.45) is 10.9 Å². The van der Waals surface area contributed by atoms with Crippen LogP contribution in [-0.2, 0) is 0 Å². The predicted octanol–water partition coefficient (Wildman–Crippen LogP) is 2.67. The van der Waals surface area contributed by atoms with E-state index in [1.54, 1.807) is 12.3 Å². The molecule has 4 heteroatoms. The average molecular weight is 260 g/mol. The van der Waals surface area contributed by atoms with Crippen molar-refractivity contribution in [1.29, 1.82) is 0 Å². The second-order valence-corrected chi connectivity index (χ2v) is 5.33. The Labute approximate surface area is 112 Å². The van der Waals surface area contributed by atoms with Gasteiger partial charge in [0.2, 0.25) is 0 Å². The fourth-order valence-electron chi connectivity index (χ4n) is 2.65. The lowest BCUT2D eigenvalue weighted by Gasteiger charge is -2.40. The minimum absolute atomic E-state index is 0.267. The molecule has 1 aromatic carbocycles. The Morgan fingerprint density at radius 3 is 2.84 bits per heavy atom. The monoisotopic (exact) mass is 260 g/mol. The molecule has 1 N–H and O–H groups in total. The molecule has 1 atom stereocenters. The molecule has 3 rings (SSSR count). The zero-order valence-electron chi connectivity index (χ0n) is 10.9. The summed E-state index contributed by atoms with van der Waals surface area (Å²) >= 11 is 0. The van der Waals surface area contributed by atoms with E-state index in [-0.39, 0.29) is 5.82 Å². The quantitative estimate of drug-likeness (QED) is 0.907. The van der Waals surface area contributed by atoms with Crippen LogP contribution in [0.1, 0.15) is 25.0 Å². The highest BCUT2D eigenvalue weighted by Gasteiger charge is 2.28. The van der Waals surface area contributed by atoms with Gasteiger partial charge < -0.3 is 10.0 Å². The molecular weight excluding hydrogens is 243 g/mol. The number of benzene rings is 1. The van der Waals surface area contributed by atoms with E-state index in [4.69, 9.17) is 0 Å². The highest BCUT2D eigenvalue weighted by Crippen LogP contribution is 2.33. The number of rotatable bonds is 3. The van der Waals surface area contributed by atoms with Crippen molar-refractivity contribution in [1.82, 2.24) is 0 Å². The van der Waals surface area contributed by atoms with Crippen molar-refractivity contribution in [2.75, 3.05) is 18.0 Å². The molecule has 0 amide bonds. The van der Waals surface area contributed by atoms with E-state index in [1.807, 2.05) is 6.08 Å². The third-order valence-electron chi connectivity index (χ3n) is 3.68. The predicted molar refractivity (Wildman–Crippen MR) is 73.9 cm³/mol. The number of hydrogen-bond donors (Lipinski definition) is 1. The molecule has 100 valence electrons. The molecule has 0 aliphatic carbocycles. The van der Waals surface area contributed by atoms with Crippen LogP contribution < -0.4 is 4.90 Å². The van der Waals surface area contributed by atoms with Gasteiger partial charge in [-0.15, -0.1) is 0 Å². The van der Waals surface area contributed by atoms with E-state index < -0.39 is 6.10 Å². The Morgan fingerprint density at radius 1 is 1.42 bits per heavy atom. The van der Waals surface area contributed by atoms with Crippen molar-refractivity contribution in [3.63, 3.8) is 0 Å². The smallest absolute Gasteiger partial charge is 0.125 e. The van der Waals surface area contributed by atoms with Gasteiger partial charge in [0.05, 0.1) is 5.71 Å². The van der Waals surface area contributed by atoms with Crippen LogP contribution in [0.3, 0.4) is 0 Å². The minimum Gasteiger partial charge on any atom is -0.382 e. The lowest BCUT2D eigenvalue weighted by molar-refractivity contribution is 0.245. The lowest BCUT2D eigenvalue weighted by Crippen LogP contribution is -2.45. The first-order valence-electron chi connectivity index (χ1n) is 6.59. The number of allylic oxidation sites excluding steroid dienone is 1. The highest BCUT2D eigenvalue weighted by molar-refractivity contribution is 5.93. The molecule has 1 fully saturated rings. The fourth-order valence-corrected chi connectivity index (χ4v) is 2.65. The molecule has 0 aromatic heterocycles. The number of aliphatic imine (C=N–C) groups is 1. The maximum Gasteiger partial charge on any atom is 0.125 e. The molecule has 1 saturated heterocycles. The summed E-state index contributed by atoms with van der Waals surface area (Å²) in [6, 6.07) is 4.57. The van der Waals surface area contributed by atoms with Gasteiger partial charge in [-0.1, -0.05) is 19.1 Å². The van der Waals surface area contributed by atoms with Crippen LogP contribution in [0.4, 0.5) is 10.1 Å². The van der Waals surface area contributed by atoms with Crippen molar-refractivity contribution >= 4 is 11.4 Å². The van der Waals surface area contributed by atoms with Gasteiger partial charge >= 0.3 is 0 Å². The van der Waals surface area contributed by atoms with Crippen LogP contribution in [0, 0.1) is 11.7 Å². The SMILES string of the molecule is CC1CN(c2cc(F)ccc2C(O)C2=NC=CC2)C1. The summed E-state index contributed by atoms with van der Waals surface area (Å²) in [6.07, 6.45) is 3.52. The number of halogens is 1. The van der Waals surface area contributed by atoms with Crippen molar-refractivity contribution in [3.8, 4) is 0 Å². The summed E-state index contributed by atoms with van der Waals surface area (Å²) in [5.41, 5.74) is 2.26. The average Bonchev–Trinajstić information content (AvgIpc) is 2.88. The zero-order chi connectivity index (χ0) is 13.4. The fraction of sp³-hybridized carbons (Fsp3) is 0.400. The van der Waals surface area contributed by atoms with Crippen molar-refractivity contribution < 1.29 is 9.50 Å². The molecule has 2 heterocycles. The summed E-state index contributed by atoms with van der Waals surface area (Å²) in [7, 11) is 0. The number of aliphatic hydroxyl groups excluding tert-OH is 1. The van der Waals surface area contributed by atoms with Crippen LogP contribution in [0.2, 0.25) is 0 Å². The van der Waals surface area contributed by atoms with Gasteiger partial charge in [0, 0.05) is 37.0 Å². The summed E-state index contributed by atoms with van der Waals surface area (Å²) < 4.78 is 13.5. The van der Waals surface area contributed by atoms with Gasteiger partial charge in [-0.05, 0) is 18.1 Å². The van der Waals surface area contributed by atoms with Gasteiger partial charge in [0.1, 0.15) is 11.9 Å². The van der Waals surface area contributed by atoms with Gasteiger partial charge in [-0.2, -0.15) is 0 Å². The van der Waals surface area contributed by atoms with Gasteiger partial charge in [0.25, 0.3) is 0 Å². The summed E-state index contributed by atoms with van der Waals surface area (Å²) in [5.74, 6) is 0.357. The first kappa shape index (κ1) is 12.4. The van der Waals surface area contributed by atoms with Crippen LogP contribution >= 0.6 is 0 Å². The normalized spacial score (nSPS) is 20.4. The van der Waals surface area contributed by atoms with Crippen LogP contribution in [0.15, 0.2) is 35.5 Å². The van der Waals surface area contributed by atoms with E-state index >= 15 is 0 Å². The first-order valence-corrected chi connectivity index (χ1v) is 6.59. The summed E-state index contributed by atoms with van der Waals surface area (Å²) in [4.78, 5) is 6.27. The molecule has 19 heavy (non-hydrogen) atoms. The van der Waals surface area contributed by atoms with Crippen molar-refractivity contribution in [2.45, 2.75) is 19.4 Å². The highest BCUT2D eigenvalue weighted by atomic mass is 19.1. The van der Waals surface area contributed by atoms with E-state index in [0.717, 1.165) is 30.1 Å². The van der Waals surface area contributed by atoms with Crippen LogP contribution in [0.25, 0.3) is 0 Å². The number of nitrogens with zero attached hydrogens (tertiary/aromatic N) is 2. The molecule has 0 spiro atoms. The molecular formula is C15H17FN2O. The largest absolute Gasteiger partial charge is 0.382 e. The second-order valence-electron chi connectivity index (χ2n) is 5.33. The first-order chi connectivity index (χ1) is 9.15. The molecule has 0 bridgehead atoms. The summed E-state index contributed by atoms with van der Waals surface area (Å²) in [5, 5.41) is 10.4. The van der Waals surface area contributed by atoms with Crippen LogP contribution in [0.5, 0.6) is 0 Å². The number of hydrogen-bond acceptors (Lipinski definition) is 3. The minimum atomic E-state index is -0.749. The molecule has 1 aromatic rings. The third-order valence-corrected chi connectivity index (χ3v) is 3.68. The molecule has 1 unspecified atom stereocenters. The Morgan fingerprint density at radius 2 is 2.21 bits per heavy atom.